The van der Waals surface area contributed by atoms with Gasteiger partial charge in [0, 0.05) is 17.6 Å². The minimum absolute atomic E-state index is 0.0383. The lowest BCUT2D eigenvalue weighted by molar-refractivity contribution is 0.439. The zero-order valence-corrected chi connectivity index (χ0v) is 11.4. The van der Waals surface area contributed by atoms with E-state index in [1.54, 1.807) is 6.07 Å². The summed E-state index contributed by atoms with van der Waals surface area (Å²) in [5.74, 6) is -0.137. The van der Waals surface area contributed by atoms with E-state index in [9.17, 15) is 4.39 Å². The van der Waals surface area contributed by atoms with Crippen LogP contribution < -0.4 is 5.32 Å². The molecule has 0 fully saturated rings. The zero-order chi connectivity index (χ0) is 13.7. The van der Waals surface area contributed by atoms with Crippen molar-refractivity contribution in [2.24, 2.45) is 0 Å². The summed E-state index contributed by atoms with van der Waals surface area (Å²) in [4.78, 5) is 0. The van der Waals surface area contributed by atoms with Crippen molar-refractivity contribution in [2.45, 2.75) is 32.4 Å². The molecular weight excluding hydrogens is 237 g/mol. The first kappa shape index (κ1) is 13.8. The second-order valence-electron chi connectivity index (χ2n) is 4.78. The van der Waals surface area contributed by atoms with Gasteiger partial charge in [-0.1, -0.05) is 55.5 Å². The van der Waals surface area contributed by atoms with Crippen LogP contribution in [0.4, 0.5) is 4.39 Å². The molecule has 0 aliphatic rings. The monoisotopic (exact) mass is 257 g/mol. The Hall–Kier alpha value is -1.67. The summed E-state index contributed by atoms with van der Waals surface area (Å²) >= 11 is 0. The van der Waals surface area contributed by atoms with E-state index in [-0.39, 0.29) is 17.9 Å². The third-order valence-corrected chi connectivity index (χ3v) is 3.44. The topological polar surface area (TPSA) is 12.0 Å². The van der Waals surface area contributed by atoms with Crippen LogP contribution in [0.1, 0.15) is 43.5 Å². The van der Waals surface area contributed by atoms with E-state index < -0.39 is 0 Å². The molecule has 1 unspecified atom stereocenters. The maximum atomic E-state index is 13.8. The molecule has 100 valence electrons. The number of rotatable bonds is 5. The average molecular weight is 257 g/mol. The molecule has 2 aromatic rings. The van der Waals surface area contributed by atoms with Crippen LogP contribution in [0.2, 0.25) is 0 Å². The predicted octanol–water partition coefficient (Wildman–Crippen LogP) is 4.63. The molecule has 0 spiro atoms. The van der Waals surface area contributed by atoms with Crippen molar-refractivity contribution in [1.29, 1.82) is 0 Å². The van der Waals surface area contributed by atoms with Crippen molar-refractivity contribution < 1.29 is 4.39 Å². The summed E-state index contributed by atoms with van der Waals surface area (Å²) in [5.41, 5.74) is 1.96. The number of halogens is 1. The fourth-order valence-electron chi connectivity index (χ4n) is 2.32. The summed E-state index contributed by atoms with van der Waals surface area (Å²) in [7, 11) is 0. The normalized spacial score (nSPS) is 14.1. The van der Waals surface area contributed by atoms with E-state index in [0.717, 1.165) is 12.0 Å². The Morgan fingerprint density at radius 3 is 2.26 bits per heavy atom. The predicted molar refractivity (Wildman–Crippen MR) is 77.4 cm³/mol. The largest absolute Gasteiger partial charge is 0.303 e. The Morgan fingerprint density at radius 2 is 1.63 bits per heavy atom. The lowest BCUT2D eigenvalue weighted by Gasteiger charge is -2.23. The van der Waals surface area contributed by atoms with Crippen molar-refractivity contribution >= 4 is 0 Å². The van der Waals surface area contributed by atoms with Crippen LogP contribution in [0, 0.1) is 5.82 Å². The molecule has 0 aromatic heterocycles. The minimum Gasteiger partial charge on any atom is -0.303 e. The number of benzene rings is 2. The molecule has 19 heavy (non-hydrogen) atoms. The number of hydrogen-bond acceptors (Lipinski definition) is 1. The Kier molecular flexibility index (Phi) is 4.69. The van der Waals surface area contributed by atoms with Crippen molar-refractivity contribution in [3.05, 3.63) is 71.5 Å². The molecule has 2 atom stereocenters. The summed E-state index contributed by atoms with van der Waals surface area (Å²) < 4.78 is 13.8. The SMILES string of the molecule is CCC(N[C@@H](C)c1ccccc1)c1ccccc1F. The molecular formula is C17H20FN. The van der Waals surface area contributed by atoms with Gasteiger partial charge < -0.3 is 5.32 Å². The van der Waals surface area contributed by atoms with E-state index in [2.05, 4.69) is 31.3 Å². The summed E-state index contributed by atoms with van der Waals surface area (Å²) in [5, 5.41) is 3.50. The zero-order valence-electron chi connectivity index (χ0n) is 11.4. The summed E-state index contributed by atoms with van der Waals surface area (Å²) in [6.07, 6.45) is 0.859. The molecule has 2 rings (SSSR count). The highest BCUT2D eigenvalue weighted by Crippen LogP contribution is 2.23. The first-order valence-corrected chi connectivity index (χ1v) is 6.77. The molecule has 1 N–H and O–H groups in total. The van der Waals surface area contributed by atoms with Crippen LogP contribution >= 0.6 is 0 Å². The van der Waals surface area contributed by atoms with Crippen molar-refractivity contribution in [1.82, 2.24) is 5.32 Å². The average Bonchev–Trinajstić information content (AvgIpc) is 2.46. The fourth-order valence-corrected chi connectivity index (χ4v) is 2.32. The van der Waals surface area contributed by atoms with Crippen molar-refractivity contribution in [3.63, 3.8) is 0 Å². The first-order valence-electron chi connectivity index (χ1n) is 6.77. The minimum atomic E-state index is -0.137. The molecule has 2 aromatic carbocycles. The second kappa shape index (κ2) is 6.48. The quantitative estimate of drug-likeness (QED) is 0.823. The van der Waals surface area contributed by atoms with Crippen molar-refractivity contribution in [2.75, 3.05) is 0 Å². The molecule has 0 saturated heterocycles. The third kappa shape index (κ3) is 3.42. The highest BCUT2D eigenvalue weighted by atomic mass is 19.1. The van der Waals surface area contributed by atoms with Gasteiger partial charge in [0.25, 0.3) is 0 Å². The molecule has 2 heteroatoms. The highest BCUT2D eigenvalue weighted by Gasteiger charge is 2.16. The van der Waals surface area contributed by atoms with Crippen LogP contribution in [0.3, 0.4) is 0 Å². The summed E-state index contributed by atoms with van der Waals surface area (Å²) in [6.45, 7) is 4.18. The van der Waals surface area contributed by atoms with Crippen LogP contribution in [-0.4, -0.2) is 0 Å². The Morgan fingerprint density at radius 1 is 1.00 bits per heavy atom. The standard InChI is InChI=1S/C17H20FN/c1-3-17(15-11-7-8-12-16(15)18)19-13(2)14-9-5-4-6-10-14/h4-13,17,19H,3H2,1-2H3/t13-,17?/m0/s1. The van der Waals surface area contributed by atoms with Gasteiger partial charge in [-0.3, -0.25) is 0 Å². The van der Waals surface area contributed by atoms with Gasteiger partial charge in [-0.25, -0.2) is 4.39 Å². The smallest absolute Gasteiger partial charge is 0.127 e. The van der Waals surface area contributed by atoms with Gasteiger partial charge in [-0.2, -0.15) is 0 Å². The second-order valence-corrected chi connectivity index (χ2v) is 4.78. The molecule has 0 bridgehead atoms. The molecule has 1 nitrogen and oxygen atoms in total. The number of nitrogens with one attached hydrogen (secondary N) is 1. The Balaban J connectivity index is 2.14. The number of hydrogen-bond donors (Lipinski definition) is 1. The van der Waals surface area contributed by atoms with E-state index in [4.69, 9.17) is 0 Å². The lowest BCUT2D eigenvalue weighted by Crippen LogP contribution is -2.25. The molecule has 0 radical (unpaired) electrons. The third-order valence-electron chi connectivity index (χ3n) is 3.44. The maximum Gasteiger partial charge on any atom is 0.127 e. The van der Waals surface area contributed by atoms with Crippen LogP contribution in [0.25, 0.3) is 0 Å². The van der Waals surface area contributed by atoms with E-state index >= 15 is 0 Å². The Labute approximate surface area is 114 Å². The molecule has 0 aliphatic heterocycles. The van der Waals surface area contributed by atoms with Gasteiger partial charge in [-0.05, 0) is 25.0 Å². The van der Waals surface area contributed by atoms with E-state index in [0.29, 0.717) is 0 Å². The van der Waals surface area contributed by atoms with Crippen LogP contribution in [-0.2, 0) is 0 Å². The van der Waals surface area contributed by atoms with Crippen LogP contribution in [0.5, 0.6) is 0 Å². The molecule has 0 amide bonds. The lowest BCUT2D eigenvalue weighted by atomic mass is 10.0. The van der Waals surface area contributed by atoms with Crippen LogP contribution in [0.15, 0.2) is 54.6 Å². The fraction of sp³-hybridized carbons (Fsp3) is 0.294. The first-order chi connectivity index (χ1) is 9.22. The highest BCUT2D eigenvalue weighted by molar-refractivity contribution is 5.23. The van der Waals surface area contributed by atoms with Gasteiger partial charge in [-0.15, -0.1) is 0 Å². The van der Waals surface area contributed by atoms with E-state index in [1.807, 2.05) is 30.3 Å². The Bertz CT molecular complexity index is 510. The molecule has 0 saturated carbocycles. The molecule has 0 heterocycles. The van der Waals surface area contributed by atoms with Gasteiger partial charge >= 0.3 is 0 Å². The van der Waals surface area contributed by atoms with Gasteiger partial charge in [0.2, 0.25) is 0 Å². The van der Waals surface area contributed by atoms with E-state index in [1.165, 1.54) is 11.6 Å². The van der Waals surface area contributed by atoms with Gasteiger partial charge in [0.15, 0.2) is 0 Å². The molecule has 0 aliphatic carbocycles. The van der Waals surface area contributed by atoms with Gasteiger partial charge in [0.05, 0.1) is 0 Å². The summed E-state index contributed by atoms with van der Waals surface area (Å²) in [6, 6.07) is 17.5. The van der Waals surface area contributed by atoms with Gasteiger partial charge in [0.1, 0.15) is 5.82 Å². The maximum absolute atomic E-state index is 13.8. The van der Waals surface area contributed by atoms with Crippen molar-refractivity contribution in [3.8, 4) is 0 Å².